The first-order chi connectivity index (χ1) is 14.4. The Morgan fingerprint density at radius 2 is 1.17 bits per heavy atom. The van der Waals surface area contributed by atoms with Crippen molar-refractivity contribution in [3.63, 3.8) is 0 Å². The van der Waals surface area contributed by atoms with Crippen molar-refractivity contribution in [2.45, 2.75) is 10.9 Å². The summed E-state index contributed by atoms with van der Waals surface area (Å²) >= 11 is 12.0. The Balaban J connectivity index is 1.56. The van der Waals surface area contributed by atoms with Crippen LogP contribution in [-0.2, 0) is 10.0 Å². The zero-order chi connectivity index (χ0) is 21.1. The summed E-state index contributed by atoms with van der Waals surface area (Å²) in [6.07, 6.45) is 0. The van der Waals surface area contributed by atoms with E-state index >= 15 is 0 Å². The average Bonchev–Trinajstić information content (AvgIpc) is 2.77. The summed E-state index contributed by atoms with van der Waals surface area (Å²) in [4.78, 5) is 2.60. The van der Waals surface area contributed by atoms with Crippen LogP contribution < -0.4 is 0 Å². The van der Waals surface area contributed by atoms with Crippen LogP contribution >= 0.6 is 23.2 Å². The van der Waals surface area contributed by atoms with Gasteiger partial charge in [-0.3, -0.25) is 4.90 Å². The summed E-state index contributed by atoms with van der Waals surface area (Å²) in [5, 5.41) is 1.22. The van der Waals surface area contributed by atoms with Gasteiger partial charge in [-0.15, -0.1) is 0 Å². The molecular formula is C23H22Cl2N2O2S. The first-order valence-corrected chi connectivity index (χ1v) is 11.9. The van der Waals surface area contributed by atoms with E-state index in [4.69, 9.17) is 23.2 Å². The number of nitrogens with zero attached hydrogens (tertiary/aromatic N) is 2. The zero-order valence-electron chi connectivity index (χ0n) is 16.3. The van der Waals surface area contributed by atoms with Crippen LogP contribution in [0.2, 0.25) is 10.0 Å². The van der Waals surface area contributed by atoms with Gasteiger partial charge in [0.2, 0.25) is 10.0 Å². The number of sulfonamides is 1. The number of halogens is 2. The molecule has 0 aromatic heterocycles. The molecule has 1 saturated heterocycles. The Labute approximate surface area is 187 Å². The molecule has 0 saturated carbocycles. The quantitative estimate of drug-likeness (QED) is 0.532. The summed E-state index contributed by atoms with van der Waals surface area (Å²) in [6.45, 7) is 2.13. The Kier molecular flexibility index (Phi) is 6.46. The summed E-state index contributed by atoms with van der Waals surface area (Å²) < 4.78 is 27.6. The van der Waals surface area contributed by atoms with Crippen LogP contribution in [0, 0.1) is 0 Å². The van der Waals surface area contributed by atoms with Crippen molar-refractivity contribution in [2.75, 3.05) is 26.2 Å². The SMILES string of the molecule is O=S(=O)(c1ccc(Cl)cc1)N1CCN(C(c2ccccc2)c2ccc(Cl)cc2)CC1. The van der Waals surface area contributed by atoms with Crippen molar-refractivity contribution in [1.29, 1.82) is 0 Å². The monoisotopic (exact) mass is 460 g/mol. The highest BCUT2D eigenvalue weighted by molar-refractivity contribution is 7.89. The molecule has 0 amide bonds. The lowest BCUT2D eigenvalue weighted by Gasteiger charge is -2.39. The Morgan fingerprint density at radius 1 is 0.667 bits per heavy atom. The predicted octanol–water partition coefficient (Wildman–Crippen LogP) is 5.09. The van der Waals surface area contributed by atoms with E-state index in [0.29, 0.717) is 36.2 Å². The maximum atomic E-state index is 13.0. The van der Waals surface area contributed by atoms with Crippen LogP contribution in [0.4, 0.5) is 0 Å². The largest absolute Gasteiger partial charge is 0.290 e. The van der Waals surface area contributed by atoms with Crippen molar-refractivity contribution in [1.82, 2.24) is 9.21 Å². The molecular weight excluding hydrogens is 439 g/mol. The fraction of sp³-hybridized carbons (Fsp3) is 0.217. The number of piperazine rings is 1. The molecule has 4 nitrogen and oxygen atoms in total. The summed E-state index contributed by atoms with van der Waals surface area (Å²) in [6, 6.07) is 24.5. The molecule has 156 valence electrons. The van der Waals surface area contributed by atoms with E-state index in [2.05, 4.69) is 17.0 Å². The lowest BCUT2D eigenvalue weighted by molar-refractivity contribution is 0.156. The molecule has 1 heterocycles. The van der Waals surface area contributed by atoms with Gasteiger partial charge in [0, 0.05) is 36.2 Å². The molecule has 0 aliphatic carbocycles. The summed E-state index contributed by atoms with van der Waals surface area (Å²) in [5.41, 5.74) is 2.31. The highest BCUT2D eigenvalue weighted by atomic mass is 35.5. The fourth-order valence-corrected chi connectivity index (χ4v) is 5.53. The number of rotatable bonds is 5. The third-order valence-corrected chi connectivity index (χ3v) is 7.81. The number of hydrogen-bond acceptors (Lipinski definition) is 3. The van der Waals surface area contributed by atoms with Crippen molar-refractivity contribution in [2.24, 2.45) is 0 Å². The van der Waals surface area contributed by atoms with Gasteiger partial charge in [-0.25, -0.2) is 8.42 Å². The standard InChI is InChI=1S/C23H22Cl2N2O2S/c24-20-8-6-19(7-9-20)23(18-4-2-1-3-5-18)26-14-16-27(17-15-26)30(28,29)22-12-10-21(25)11-13-22/h1-13,23H,14-17H2. The Morgan fingerprint density at radius 3 is 1.73 bits per heavy atom. The van der Waals surface area contributed by atoms with Crippen LogP contribution in [0.15, 0.2) is 83.8 Å². The molecule has 3 aromatic rings. The molecule has 1 unspecified atom stereocenters. The second-order valence-corrected chi connectivity index (χ2v) is 10.1. The van der Waals surface area contributed by atoms with Gasteiger partial charge in [-0.1, -0.05) is 65.7 Å². The van der Waals surface area contributed by atoms with Gasteiger partial charge < -0.3 is 0 Å². The zero-order valence-corrected chi connectivity index (χ0v) is 18.6. The smallest absolute Gasteiger partial charge is 0.243 e. The van der Waals surface area contributed by atoms with E-state index in [1.54, 1.807) is 28.6 Å². The minimum Gasteiger partial charge on any atom is -0.290 e. The van der Waals surface area contributed by atoms with Crippen LogP contribution in [0.25, 0.3) is 0 Å². The average molecular weight is 461 g/mol. The minimum absolute atomic E-state index is 0.0452. The second kappa shape index (κ2) is 9.08. The van der Waals surface area contributed by atoms with Gasteiger partial charge in [0.25, 0.3) is 0 Å². The lowest BCUT2D eigenvalue weighted by Crippen LogP contribution is -2.49. The number of benzene rings is 3. The van der Waals surface area contributed by atoms with Crippen molar-refractivity contribution >= 4 is 33.2 Å². The minimum atomic E-state index is -3.53. The molecule has 1 fully saturated rings. The van der Waals surface area contributed by atoms with E-state index < -0.39 is 10.0 Å². The molecule has 0 bridgehead atoms. The van der Waals surface area contributed by atoms with Gasteiger partial charge in [0.15, 0.2) is 0 Å². The summed E-state index contributed by atoms with van der Waals surface area (Å²) in [7, 11) is -3.53. The maximum absolute atomic E-state index is 13.0. The number of hydrogen-bond donors (Lipinski definition) is 0. The van der Waals surface area contributed by atoms with Gasteiger partial charge >= 0.3 is 0 Å². The molecule has 4 rings (SSSR count). The highest BCUT2D eigenvalue weighted by Crippen LogP contribution is 2.31. The molecule has 3 aromatic carbocycles. The molecule has 1 atom stereocenters. The molecule has 1 aliphatic rings. The topological polar surface area (TPSA) is 40.6 Å². The van der Waals surface area contributed by atoms with E-state index in [1.165, 1.54) is 5.56 Å². The van der Waals surface area contributed by atoms with Gasteiger partial charge in [0.05, 0.1) is 10.9 Å². The Hall–Kier alpha value is -1.89. The van der Waals surface area contributed by atoms with Gasteiger partial charge in [-0.2, -0.15) is 4.31 Å². The third-order valence-electron chi connectivity index (χ3n) is 5.39. The van der Waals surface area contributed by atoms with E-state index in [1.807, 2.05) is 42.5 Å². The highest BCUT2D eigenvalue weighted by Gasteiger charge is 2.32. The molecule has 0 spiro atoms. The van der Waals surface area contributed by atoms with Crippen molar-refractivity contribution in [3.8, 4) is 0 Å². The van der Waals surface area contributed by atoms with Crippen LogP contribution in [0.1, 0.15) is 17.2 Å². The lowest BCUT2D eigenvalue weighted by atomic mass is 9.96. The van der Waals surface area contributed by atoms with Crippen LogP contribution in [-0.4, -0.2) is 43.8 Å². The van der Waals surface area contributed by atoms with Gasteiger partial charge in [0.1, 0.15) is 0 Å². The van der Waals surface area contributed by atoms with E-state index in [9.17, 15) is 8.42 Å². The second-order valence-electron chi connectivity index (χ2n) is 7.26. The molecule has 7 heteroatoms. The van der Waals surface area contributed by atoms with Crippen molar-refractivity contribution in [3.05, 3.63) is 100 Å². The first kappa shape index (κ1) is 21.3. The predicted molar refractivity (Wildman–Crippen MR) is 122 cm³/mol. The first-order valence-electron chi connectivity index (χ1n) is 9.75. The van der Waals surface area contributed by atoms with Gasteiger partial charge in [-0.05, 0) is 47.5 Å². The van der Waals surface area contributed by atoms with E-state index in [0.717, 1.165) is 5.56 Å². The molecule has 30 heavy (non-hydrogen) atoms. The van der Waals surface area contributed by atoms with Crippen LogP contribution in [0.5, 0.6) is 0 Å². The van der Waals surface area contributed by atoms with Crippen molar-refractivity contribution < 1.29 is 8.42 Å². The molecule has 1 aliphatic heterocycles. The maximum Gasteiger partial charge on any atom is 0.243 e. The molecule has 0 radical (unpaired) electrons. The molecule has 0 N–H and O–H groups in total. The van der Waals surface area contributed by atoms with Crippen LogP contribution in [0.3, 0.4) is 0 Å². The Bertz CT molecular complexity index is 1080. The normalized spacial score (nSPS) is 17.0. The fourth-order valence-electron chi connectivity index (χ4n) is 3.85. The van der Waals surface area contributed by atoms with E-state index in [-0.39, 0.29) is 10.9 Å². The summed E-state index contributed by atoms with van der Waals surface area (Å²) in [5.74, 6) is 0. The third kappa shape index (κ3) is 4.56.